The molecule has 0 aliphatic carbocycles. The highest BCUT2D eigenvalue weighted by molar-refractivity contribution is 6.28. The van der Waals surface area contributed by atoms with Crippen LogP contribution < -0.4 is 0 Å². The minimum absolute atomic E-state index is 0.0229. The molecule has 1 aromatic rings. The Hall–Kier alpha value is -0.650. The third kappa shape index (κ3) is 2.68. The maximum Gasteiger partial charge on any atom is 0.242 e. The minimum Gasteiger partial charge on any atom is -0.368 e. The van der Waals surface area contributed by atoms with Crippen molar-refractivity contribution >= 4 is 11.6 Å². The molecule has 2 rings (SSSR count). The van der Waals surface area contributed by atoms with E-state index >= 15 is 0 Å². The average molecular weight is 231 g/mol. The van der Waals surface area contributed by atoms with Crippen molar-refractivity contribution in [2.45, 2.75) is 19.4 Å². The van der Waals surface area contributed by atoms with Gasteiger partial charge in [-0.15, -0.1) is 5.10 Å². The Morgan fingerprint density at radius 1 is 1.67 bits per heavy atom. The molecule has 1 unspecified atom stereocenters. The number of ether oxygens (including phenoxy) is 1. The second kappa shape index (κ2) is 4.92. The summed E-state index contributed by atoms with van der Waals surface area (Å²) in [4.78, 5) is 6.44. The van der Waals surface area contributed by atoms with Gasteiger partial charge in [-0.1, -0.05) is 6.92 Å². The van der Waals surface area contributed by atoms with E-state index in [0.717, 1.165) is 38.5 Å². The van der Waals surface area contributed by atoms with Gasteiger partial charge in [0.05, 0.1) is 6.61 Å². The van der Waals surface area contributed by atoms with Crippen LogP contribution >= 0.6 is 11.6 Å². The largest absolute Gasteiger partial charge is 0.368 e. The van der Waals surface area contributed by atoms with Crippen LogP contribution in [-0.4, -0.2) is 46.3 Å². The number of nitrogens with zero attached hydrogens (tertiary/aromatic N) is 3. The summed E-state index contributed by atoms with van der Waals surface area (Å²) in [5, 5.41) is 6.84. The van der Waals surface area contributed by atoms with Crippen LogP contribution in [0.4, 0.5) is 0 Å². The summed E-state index contributed by atoms with van der Waals surface area (Å²) in [7, 11) is 0. The summed E-state index contributed by atoms with van der Waals surface area (Å²) in [5.41, 5.74) is 0. The molecular formula is C9H15ClN4O. The van der Waals surface area contributed by atoms with Crippen molar-refractivity contribution in [1.82, 2.24) is 20.1 Å². The van der Waals surface area contributed by atoms with Crippen molar-refractivity contribution in [3.05, 3.63) is 11.1 Å². The molecule has 0 radical (unpaired) electrons. The Kier molecular flexibility index (Phi) is 3.56. The Bertz CT molecular complexity index is 315. The van der Waals surface area contributed by atoms with Gasteiger partial charge < -0.3 is 4.74 Å². The van der Waals surface area contributed by atoms with Crippen molar-refractivity contribution in [3.8, 4) is 0 Å². The monoisotopic (exact) mass is 230 g/mol. The molecule has 1 aliphatic rings. The zero-order chi connectivity index (χ0) is 10.7. The van der Waals surface area contributed by atoms with E-state index in [0.29, 0.717) is 0 Å². The highest BCUT2D eigenvalue weighted by atomic mass is 35.5. The summed E-state index contributed by atoms with van der Waals surface area (Å²) < 4.78 is 5.62. The van der Waals surface area contributed by atoms with E-state index in [1.807, 2.05) is 0 Å². The first-order valence-corrected chi connectivity index (χ1v) is 5.59. The van der Waals surface area contributed by atoms with Crippen LogP contribution in [0.5, 0.6) is 0 Å². The van der Waals surface area contributed by atoms with Gasteiger partial charge in [0.15, 0.2) is 5.82 Å². The number of hydrogen-bond acceptors (Lipinski definition) is 4. The minimum atomic E-state index is -0.0229. The zero-order valence-electron chi connectivity index (χ0n) is 8.74. The van der Waals surface area contributed by atoms with E-state index < -0.39 is 0 Å². The lowest BCUT2D eigenvalue weighted by Gasteiger charge is -2.31. The first-order valence-electron chi connectivity index (χ1n) is 5.21. The molecule has 1 saturated heterocycles. The molecule has 1 aliphatic heterocycles. The van der Waals surface area contributed by atoms with Gasteiger partial charge in [-0.25, -0.2) is 0 Å². The van der Waals surface area contributed by atoms with Gasteiger partial charge in [0.25, 0.3) is 0 Å². The highest BCUT2D eigenvalue weighted by Gasteiger charge is 2.23. The molecule has 0 amide bonds. The van der Waals surface area contributed by atoms with Gasteiger partial charge in [-0.2, -0.15) is 4.98 Å². The van der Waals surface area contributed by atoms with Crippen molar-refractivity contribution in [1.29, 1.82) is 0 Å². The molecule has 15 heavy (non-hydrogen) atoms. The van der Waals surface area contributed by atoms with Crippen molar-refractivity contribution in [2.75, 3.05) is 26.2 Å². The van der Waals surface area contributed by atoms with Crippen LogP contribution in [0, 0.1) is 0 Å². The number of hydrogen-bond donors (Lipinski definition) is 1. The second-order valence-electron chi connectivity index (χ2n) is 3.65. The maximum absolute atomic E-state index is 5.65. The predicted octanol–water partition coefficient (Wildman–Crippen LogP) is 1.24. The van der Waals surface area contributed by atoms with Crippen LogP contribution in [0.25, 0.3) is 0 Å². The summed E-state index contributed by atoms with van der Waals surface area (Å²) in [6.07, 6.45) is 1.13. The maximum atomic E-state index is 5.65. The van der Waals surface area contributed by atoms with Crippen LogP contribution in [0.2, 0.25) is 5.28 Å². The SMILES string of the molecule is CCCN1CCOC(c2nc(Cl)n[nH]2)C1. The van der Waals surface area contributed by atoms with E-state index in [1.165, 1.54) is 0 Å². The lowest BCUT2D eigenvalue weighted by atomic mass is 10.2. The summed E-state index contributed by atoms with van der Waals surface area (Å²) in [6.45, 7) is 5.87. The van der Waals surface area contributed by atoms with Gasteiger partial charge in [0, 0.05) is 13.1 Å². The fraction of sp³-hybridized carbons (Fsp3) is 0.778. The van der Waals surface area contributed by atoms with Gasteiger partial charge in [0.1, 0.15) is 6.10 Å². The molecule has 1 fully saturated rings. The van der Waals surface area contributed by atoms with Crippen molar-refractivity contribution in [2.24, 2.45) is 0 Å². The number of halogens is 1. The molecule has 6 heteroatoms. The first-order chi connectivity index (χ1) is 7.29. The van der Waals surface area contributed by atoms with Crippen LogP contribution in [-0.2, 0) is 4.74 Å². The molecule has 84 valence electrons. The smallest absolute Gasteiger partial charge is 0.242 e. The quantitative estimate of drug-likeness (QED) is 0.849. The lowest BCUT2D eigenvalue weighted by molar-refractivity contribution is -0.0340. The number of morpholine rings is 1. The van der Waals surface area contributed by atoms with E-state index in [-0.39, 0.29) is 11.4 Å². The second-order valence-corrected chi connectivity index (χ2v) is 3.99. The van der Waals surface area contributed by atoms with Gasteiger partial charge >= 0.3 is 0 Å². The molecule has 1 atom stereocenters. The third-order valence-electron chi connectivity index (χ3n) is 2.47. The standard InChI is InChI=1S/C9H15ClN4O/c1-2-3-14-4-5-15-7(6-14)8-11-9(10)13-12-8/h7H,2-6H2,1H3,(H,11,12,13). The summed E-state index contributed by atoms with van der Waals surface area (Å²) in [5.74, 6) is 0.723. The fourth-order valence-corrected chi connectivity index (χ4v) is 1.92. The van der Waals surface area contributed by atoms with Gasteiger partial charge in [0.2, 0.25) is 5.28 Å². The van der Waals surface area contributed by atoms with Crippen molar-refractivity contribution < 1.29 is 4.74 Å². The van der Waals surface area contributed by atoms with Crippen LogP contribution in [0.15, 0.2) is 0 Å². The van der Waals surface area contributed by atoms with Gasteiger partial charge in [-0.05, 0) is 24.6 Å². The van der Waals surface area contributed by atoms with E-state index in [1.54, 1.807) is 0 Å². The Morgan fingerprint density at radius 2 is 2.53 bits per heavy atom. The zero-order valence-corrected chi connectivity index (χ0v) is 9.50. The fourth-order valence-electron chi connectivity index (χ4n) is 1.78. The molecule has 0 saturated carbocycles. The molecule has 0 aromatic carbocycles. The predicted molar refractivity (Wildman–Crippen MR) is 56.8 cm³/mol. The Labute approximate surface area is 93.8 Å². The number of rotatable bonds is 3. The topological polar surface area (TPSA) is 54.0 Å². The molecule has 1 N–H and O–H groups in total. The van der Waals surface area contributed by atoms with E-state index in [9.17, 15) is 0 Å². The molecular weight excluding hydrogens is 216 g/mol. The molecule has 0 spiro atoms. The summed E-state index contributed by atoms with van der Waals surface area (Å²) >= 11 is 5.65. The van der Waals surface area contributed by atoms with Crippen LogP contribution in [0.3, 0.4) is 0 Å². The highest BCUT2D eigenvalue weighted by Crippen LogP contribution is 2.19. The van der Waals surface area contributed by atoms with E-state index in [2.05, 4.69) is 27.0 Å². The first kappa shape index (κ1) is 10.9. The van der Waals surface area contributed by atoms with E-state index in [4.69, 9.17) is 16.3 Å². The van der Waals surface area contributed by atoms with Crippen molar-refractivity contribution in [3.63, 3.8) is 0 Å². The average Bonchev–Trinajstić information content (AvgIpc) is 2.66. The normalized spacial score (nSPS) is 23.2. The molecule has 5 nitrogen and oxygen atoms in total. The lowest BCUT2D eigenvalue weighted by Crippen LogP contribution is -2.39. The molecule has 0 bridgehead atoms. The Morgan fingerprint density at radius 3 is 3.20 bits per heavy atom. The Balaban J connectivity index is 1.98. The number of nitrogens with one attached hydrogen (secondary N) is 1. The summed E-state index contributed by atoms with van der Waals surface area (Å²) in [6, 6.07) is 0. The number of aromatic nitrogens is 3. The van der Waals surface area contributed by atoms with Gasteiger partial charge in [-0.3, -0.25) is 10.00 Å². The number of aromatic amines is 1. The van der Waals surface area contributed by atoms with Crippen LogP contribution in [0.1, 0.15) is 25.3 Å². The molecule has 1 aromatic heterocycles. The number of H-pyrrole nitrogens is 1. The third-order valence-corrected chi connectivity index (χ3v) is 2.64. The molecule has 2 heterocycles.